The van der Waals surface area contributed by atoms with Gasteiger partial charge in [0.2, 0.25) is 0 Å². The molecule has 1 aromatic heterocycles. The minimum Gasteiger partial charge on any atom is -0.484 e. The van der Waals surface area contributed by atoms with Crippen LogP contribution in [0.25, 0.3) is 11.0 Å². The summed E-state index contributed by atoms with van der Waals surface area (Å²) in [6, 6.07) is 14.3. The number of halogens is 1. The first-order valence-electron chi connectivity index (χ1n) is 8.73. The molecule has 28 heavy (non-hydrogen) atoms. The van der Waals surface area contributed by atoms with Gasteiger partial charge >= 0.3 is 5.97 Å². The SMILES string of the molecule is COC(=O)Cn1c(CCNC(=O)COc2ccc(Cl)cc2)nc2ccccc21. The Kier molecular flexibility index (Phi) is 6.49. The molecule has 0 unspecified atom stereocenters. The van der Waals surface area contributed by atoms with Gasteiger partial charge in [0.05, 0.1) is 18.1 Å². The molecule has 7 nitrogen and oxygen atoms in total. The van der Waals surface area contributed by atoms with E-state index in [9.17, 15) is 9.59 Å². The number of imidazole rings is 1. The van der Waals surface area contributed by atoms with Gasteiger partial charge in [-0.15, -0.1) is 0 Å². The van der Waals surface area contributed by atoms with Crippen molar-refractivity contribution in [1.29, 1.82) is 0 Å². The van der Waals surface area contributed by atoms with Crippen LogP contribution in [0.1, 0.15) is 5.82 Å². The number of nitrogens with zero attached hydrogens (tertiary/aromatic N) is 2. The van der Waals surface area contributed by atoms with E-state index >= 15 is 0 Å². The Hall–Kier alpha value is -3.06. The van der Waals surface area contributed by atoms with Crippen molar-refractivity contribution in [3.63, 3.8) is 0 Å². The average Bonchev–Trinajstić information content (AvgIpc) is 3.05. The second-order valence-electron chi connectivity index (χ2n) is 6.02. The van der Waals surface area contributed by atoms with Crippen LogP contribution in [0.4, 0.5) is 0 Å². The first-order chi connectivity index (χ1) is 13.6. The fourth-order valence-corrected chi connectivity index (χ4v) is 2.86. The predicted octanol–water partition coefficient (Wildman–Crippen LogP) is 2.60. The second kappa shape index (κ2) is 9.23. The molecule has 0 saturated carbocycles. The highest BCUT2D eigenvalue weighted by Crippen LogP contribution is 2.17. The molecule has 1 amide bonds. The molecule has 3 aromatic rings. The third kappa shape index (κ3) is 5.01. The number of carbonyl (C=O) groups is 2. The van der Waals surface area contributed by atoms with Crippen LogP contribution in [0.5, 0.6) is 5.75 Å². The molecular formula is C20H20ClN3O4. The standard InChI is InChI=1S/C20H20ClN3O4/c1-27-20(26)12-24-17-5-3-2-4-16(17)23-18(24)10-11-22-19(25)13-28-15-8-6-14(21)7-9-15/h2-9H,10-13H2,1H3,(H,22,25). The molecule has 0 aliphatic carbocycles. The number of rotatable bonds is 8. The lowest BCUT2D eigenvalue weighted by molar-refractivity contribution is -0.141. The molecule has 0 radical (unpaired) electrons. The normalized spacial score (nSPS) is 10.6. The van der Waals surface area contributed by atoms with Gasteiger partial charge in [-0.05, 0) is 36.4 Å². The lowest BCUT2D eigenvalue weighted by atomic mass is 10.3. The van der Waals surface area contributed by atoms with Gasteiger partial charge in [0, 0.05) is 18.0 Å². The van der Waals surface area contributed by atoms with Crippen molar-refractivity contribution in [1.82, 2.24) is 14.9 Å². The lowest BCUT2D eigenvalue weighted by Crippen LogP contribution is -2.31. The van der Waals surface area contributed by atoms with Crippen LogP contribution in [0.2, 0.25) is 5.02 Å². The smallest absolute Gasteiger partial charge is 0.325 e. The molecule has 0 spiro atoms. The molecule has 0 bridgehead atoms. The van der Waals surface area contributed by atoms with Crippen molar-refractivity contribution in [3.05, 3.63) is 59.4 Å². The molecule has 0 saturated heterocycles. The number of fused-ring (bicyclic) bond motifs is 1. The first kappa shape index (κ1) is 19.7. The van der Waals surface area contributed by atoms with E-state index in [1.165, 1.54) is 7.11 Å². The number of benzene rings is 2. The number of aromatic nitrogens is 2. The summed E-state index contributed by atoms with van der Waals surface area (Å²) in [5, 5.41) is 3.40. The largest absolute Gasteiger partial charge is 0.484 e. The van der Waals surface area contributed by atoms with Gasteiger partial charge in [-0.1, -0.05) is 23.7 Å². The van der Waals surface area contributed by atoms with Gasteiger partial charge < -0.3 is 19.4 Å². The molecule has 0 atom stereocenters. The molecule has 0 aliphatic rings. The van der Waals surface area contributed by atoms with Crippen molar-refractivity contribution in [2.75, 3.05) is 20.3 Å². The summed E-state index contributed by atoms with van der Waals surface area (Å²) >= 11 is 5.81. The predicted molar refractivity (Wildman–Crippen MR) is 105 cm³/mol. The third-order valence-electron chi connectivity index (χ3n) is 4.10. The summed E-state index contributed by atoms with van der Waals surface area (Å²) in [6.07, 6.45) is 0.471. The molecule has 1 heterocycles. The number of para-hydroxylation sites is 2. The number of hydrogen-bond acceptors (Lipinski definition) is 5. The van der Waals surface area contributed by atoms with Gasteiger partial charge in [-0.2, -0.15) is 0 Å². The first-order valence-corrected chi connectivity index (χ1v) is 9.10. The molecule has 1 N–H and O–H groups in total. The summed E-state index contributed by atoms with van der Waals surface area (Å²) in [7, 11) is 1.35. The highest BCUT2D eigenvalue weighted by Gasteiger charge is 2.14. The highest BCUT2D eigenvalue weighted by molar-refractivity contribution is 6.30. The zero-order valence-corrected chi connectivity index (χ0v) is 16.1. The molecule has 146 valence electrons. The number of carbonyl (C=O) groups excluding carboxylic acids is 2. The maximum Gasteiger partial charge on any atom is 0.325 e. The van der Waals surface area contributed by atoms with E-state index < -0.39 is 0 Å². The van der Waals surface area contributed by atoms with Gasteiger partial charge in [-0.25, -0.2) is 4.98 Å². The van der Waals surface area contributed by atoms with Crippen LogP contribution in [0, 0.1) is 0 Å². The fourth-order valence-electron chi connectivity index (χ4n) is 2.73. The van der Waals surface area contributed by atoms with Crippen molar-refractivity contribution in [2.24, 2.45) is 0 Å². The maximum absolute atomic E-state index is 12.0. The molecule has 0 fully saturated rings. The molecule has 3 rings (SSSR count). The Morgan fingerprint density at radius 1 is 1.14 bits per heavy atom. The monoisotopic (exact) mass is 401 g/mol. The van der Waals surface area contributed by atoms with Crippen LogP contribution in [0.15, 0.2) is 48.5 Å². The summed E-state index contributed by atoms with van der Waals surface area (Å²) in [5.74, 6) is 0.667. The maximum atomic E-state index is 12.0. The molecule has 2 aromatic carbocycles. The highest BCUT2D eigenvalue weighted by atomic mass is 35.5. The lowest BCUT2D eigenvalue weighted by Gasteiger charge is -2.09. The minimum absolute atomic E-state index is 0.0694. The number of esters is 1. The Morgan fingerprint density at radius 2 is 1.89 bits per heavy atom. The van der Waals surface area contributed by atoms with Crippen molar-refractivity contribution >= 4 is 34.5 Å². The Labute approximate surface area is 167 Å². The van der Waals surface area contributed by atoms with E-state index in [0.717, 1.165) is 11.0 Å². The zero-order chi connectivity index (χ0) is 19.9. The van der Waals surface area contributed by atoms with E-state index in [-0.39, 0.29) is 25.0 Å². The number of hydrogen-bond donors (Lipinski definition) is 1. The van der Waals surface area contributed by atoms with E-state index in [0.29, 0.717) is 29.6 Å². The Morgan fingerprint density at radius 3 is 2.64 bits per heavy atom. The quantitative estimate of drug-likeness (QED) is 0.587. The van der Waals surface area contributed by atoms with Gasteiger partial charge in [0.25, 0.3) is 5.91 Å². The van der Waals surface area contributed by atoms with Crippen LogP contribution < -0.4 is 10.1 Å². The number of amides is 1. The van der Waals surface area contributed by atoms with Crippen LogP contribution in [0.3, 0.4) is 0 Å². The minimum atomic E-state index is -0.357. The van der Waals surface area contributed by atoms with Crippen molar-refractivity contribution in [3.8, 4) is 5.75 Å². The zero-order valence-electron chi connectivity index (χ0n) is 15.4. The number of nitrogens with one attached hydrogen (secondary N) is 1. The molecule has 8 heteroatoms. The second-order valence-corrected chi connectivity index (χ2v) is 6.46. The molecular weight excluding hydrogens is 382 g/mol. The number of ether oxygens (including phenoxy) is 2. The summed E-state index contributed by atoms with van der Waals surface area (Å²) < 4.78 is 12.0. The average molecular weight is 402 g/mol. The Bertz CT molecular complexity index is 969. The van der Waals surface area contributed by atoms with Crippen molar-refractivity contribution in [2.45, 2.75) is 13.0 Å². The van der Waals surface area contributed by atoms with Gasteiger partial charge in [0.15, 0.2) is 6.61 Å². The Balaban J connectivity index is 1.57. The van der Waals surface area contributed by atoms with Gasteiger partial charge in [-0.3, -0.25) is 9.59 Å². The van der Waals surface area contributed by atoms with E-state index in [4.69, 9.17) is 21.1 Å². The van der Waals surface area contributed by atoms with Crippen LogP contribution in [-0.2, 0) is 27.3 Å². The van der Waals surface area contributed by atoms with Crippen LogP contribution >= 0.6 is 11.6 Å². The van der Waals surface area contributed by atoms with E-state index in [2.05, 4.69) is 10.3 Å². The summed E-state index contributed by atoms with van der Waals surface area (Å²) in [6.45, 7) is 0.341. The fraction of sp³-hybridized carbons (Fsp3) is 0.250. The van der Waals surface area contributed by atoms with E-state index in [1.807, 2.05) is 24.3 Å². The number of methoxy groups -OCH3 is 1. The van der Waals surface area contributed by atoms with Gasteiger partial charge in [0.1, 0.15) is 18.1 Å². The van der Waals surface area contributed by atoms with Crippen molar-refractivity contribution < 1.29 is 19.1 Å². The summed E-state index contributed by atoms with van der Waals surface area (Å²) in [4.78, 5) is 28.3. The van der Waals surface area contributed by atoms with Crippen LogP contribution in [-0.4, -0.2) is 41.7 Å². The molecule has 0 aliphatic heterocycles. The third-order valence-corrected chi connectivity index (χ3v) is 4.35. The topological polar surface area (TPSA) is 82.5 Å². The summed E-state index contributed by atoms with van der Waals surface area (Å²) in [5.41, 5.74) is 1.64. The van der Waals surface area contributed by atoms with E-state index in [1.54, 1.807) is 28.8 Å².